The maximum Gasteiger partial charge on any atom is 0.246 e. The van der Waals surface area contributed by atoms with E-state index in [-0.39, 0.29) is 17.3 Å². The Labute approximate surface area is 173 Å². The van der Waals surface area contributed by atoms with Gasteiger partial charge in [0.25, 0.3) is 0 Å². The molecule has 1 saturated carbocycles. The molecule has 2 atom stereocenters. The van der Waals surface area contributed by atoms with E-state index < -0.39 is 10.0 Å². The fourth-order valence-electron chi connectivity index (χ4n) is 5.28. The summed E-state index contributed by atoms with van der Waals surface area (Å²) in [7, 11) is -3.64. The number of aryl methyl sites for hydroxylation is 1. The molecule has 162 valence electrons. The van der Waals surface area contributed by atoms with Gasteiger partial charge < -0.3 is 9.64 Å². The summed E-state index contributed by atoms with van der Waals surface area (Å²) in [6, 6.07) is 0.346. The quantitative estimate of drug-likeness (QED) is 0.735. The molecule has 9 heteroatoms. The molecule has 1 aliphatic carbocycles. The maximum absolute atomic E-state index is 13.1. The van der Waals surface area contributed by atoms with E-state index in [2.05, 4.69) is 5.10 Å². The molecule has 3 aliphatic rings. The van der Waals surface area contributed by atoms with Crippen LogP contribution in [0.15, 0.2) is 4.90 Å². The number of morpholine rings is 1. The first-order chi connectivity index (χ1) is 13.9. The Morgan fingerprint density at radius 3 is 2.52 bits per heavy atom. The first-order valence-corrected chi connectivity index (χ1v) is 12.2. The van der Waals surface area contributed by atoms with Crippen LogP contribution in [0.1, 0.15) is 49.9 Å². The molecule has 0 N–H and O–H groups in total. The van der Waals surface area contributed by atoms with Crippen molar-refractivity contribution in [1.29, 1.82) is 0 Å². The summed E-state index contributed by atoms with van der Waals surface area (Å²) in [4.78, 5) is 15.4. The number of hydrogen-bond donors (Lipinski definition) is 0. The summed E-state index contributed by atoms with van der Waals surface area (Å²) in [5.41, 5.74) is 0.996. The lowest BCUT2D eigenvalue weighted by Gasteiger charge is -2.44. The molecule has 3 heterocycles. The summed E-state index contributed by atoms with van der Waals surface area (Å²) in [5, 5.41) is 4.44. The summed E-state index contributed by atoms with van der Waals surface area (Å²) in [5.74, 6) is 0.682. The minimum Gasteiger partial charge on any atom is -0.379 e. The van der Waals surface area contributed by atoms with Gasteiger partial charge in [0.2, 0.25) is 15.9 Å². The molecule has 1 aromatic heterocycles. The van der Waals surface area contributed by atoms with Gasteiger partial charge in [-0.1, -0.05) is 12.8 Å². The number of hydrogen-bond acceptors (Lipinski definition) is 5. The number of nitrogens with zero attached hydrogens (tertiary/aromatic N) is 4. The number of likely N-dealkylation sites (tertiary alicyclic amines) is 1. The minimum atomic E-state index is -3.64. The third kappa shape index (κ3) is 3.96. The highest BCUT2D eigenvalue weighted by molar-refractivity contribution is 7.89. The van der Waals surface area contributed by atoms with Crippen LogP contribution in [0.2, 0.25) is 0 Å². The van der Waals surface area contributed by atoms with Crippen LogP contribution in [0, 0.1) is 19.8 Å². The molecule has 0 unspecified atom stereocenters. The van der Waals surface area contributed by atoms with E-state index in [0.29, 0.717) is 49.7 Å². The van der Waals surface area contributed by atoms with E-state index in [1.165, 1.54) is 30.0 Å². The zero-order valence-corrected chi connectivity index (χ0v) is 18.3. The van der Waals surface area contributed by atoms with Crippen LogP contribution in [0.25, 0.3) is 0 Å². The molecule has 2 aliphatic heterocycles. The van der Waals surface area contributed by atoms with E-state index in [1.807, 2.05) is 4.90 Å². The summed E-state index contributed by atoms with van der Waals surface area (Å²) < 4.78 is 34.6. The average molecular weight is 425 g/mol. The lowest BCUT2D eigenvalue weighted by Crippen LogP contribution is -2.50. The fraction of sp³-hybridized carbons (Fsp3) is 0.800. The molecule has 4 rings (SSSR count). The van der Waals surface area contributed by atoms with Crippen molar-refractivity contribution < 1.29 is 17.9 Å². The lowest BCUT2D eigenvalue weighted by atomic mass is 9.78. The number of piperidine rings is 1. The largest absolute Gasteiger partial charge is 0.379 e. The number of amides is 1. The Kier molecular flexibility index (Phi) is 5.99. The number of aromatic nitrogens is 2. The van der Waals surface area contributed by atoms with Crippen LogP contribution in [-0.4, -0.2) is 72.2 Å². The second-order valence-electron chi connectivity index (χ2n) is 8.52. The number of ether oxygens (including phenoxy) is 1. The molecule has 8 nitrogen and oxygen atoms in total. The van der Waals surface area contributed by atoms with E-state index in [1.54, 1.807) is 18.5 Å². The molecule has 0 spiro atoms. The first kappa shape index (κ1) is 20.8. The van der Waals surface area contributed by atoms with Crippen molar-refractivity contribution in [1.82, 2.24) is 19.0 Å². The zero-order chi connectivity index (χ0) is 20.6. The van der Waals surface area contributed by atoms with Gasteiger partial charge in [0, 0.05) is 25.7 Å². The van der Waals surface area contributed by atoms with E-state index in [4.69, 9.17) is 4.74 Å². The third-order valence-electron chi connectivity index (χ3n) is 6.73. The second kappa shape index (κ2) is 8.35. The molecule has 1 amide bonds. The van der Waals surface area contributed by atoms with Gasteiger partial charge in [0.05, 0.1) is 24.6 Å². The number of carbonyl (C=O) groups is 1. The molecule has 3 fully saturated rings. The van der Waals surface area contributed by atoms with Crippen molar-refractivity contribution in [3.05, 3.63) is 11.4 Å². The highest BCUT2D eigenvalue weighted by atomic mass is 32.2. The van der Waals surface area contributed by atoms with Gasteiger partial charge in [-0.3, -0.25) is 9.48 Å². The van der Waals surface area contributed by atoms with Crippen molar-refractivity contribution in [3.63, 3.8) is 0 Å². The van der Waals surface area contributed by atoms with Gasteiger partial charge in [-0.15, -0.1) is 0 Å². The van der Waals surface area contributed by atoms with Crippen molar-refractivity contribution in [2.24, 2.45) is 5.92 Å². The highest BCUT2D eigenvalue weighted by Gasteiger charge is 2.37. The van der Waals surface area contributed by atoms with Crippen LogP contribution >= 0.6 is 0 Å². The molecule has 0 radical (unpaired) electrons. The molecule has 29 heavy (non-hydrogen) atoms. The van der Waals surface area contributed by atoms with Gasteiger partial charge >= 0.3 is 0 Å². The second-order valence-corrected chi connectivity index (χ2v) is 10.4. The monoisotopic (exact) mass is 424 g/mol. The summed E-state index contributed by atoms with van der Waals surface area (Å²) in [6.07, 6.45) is 7.04. The summed E-state index contributed by atoms with van der Waals surface area (Å²) >= 11 is 0. The molecular formula is C20H32N4O4S. The normalized spacial score (nSPS) is 26.3. The Bertz CT molecular complexity index is 858. The van der Waals surface area contributed by atoms with Crippen LogP contribution in [-0.2, 0) is 26.1 Å². The van der Waals surface area contributed by atoms with Gasteiger partial charge in [-0.25, -0.2) is 8.42 Å². The van der Waals surface area contributed by atoms with Gasteiger partial charge in [-0.05, 0) is 45.4 Å². The molecule has 0 aromatic carbocycles. The number of fused-ring (bicyclic) bond motifs is 1. The van der Waals surface area contributed by atoms with Crippen LogP contribution < -0.4 is 0 Å². The minimum absolute atomic E-state index is 0.0579. The number of rotatable bonds is 4. The standard InChI is InChI=1S/C20H32N4O4S/c1-15-20(29(26,27)22-10-12-28-13-11-22)16(2)24(21-15)14-19(25)23-9-5-7-17-6-3-4-8-18(17)23/h17-18H,3-14H2,1-2H3/t17-,18+/m0/s1. The van der Waals surface area contributed by atoms with E-state index in [9.17, 15) is 13.2 Å². The highest BCUT2D eigenvalue weighted by Crippen LogP contribution is 2.35. The van der Waals surface area contributed by atoms with Gasteiger partial charge in [0.1, 0.15) is 11.4 Å². The van der Waals surface area contributed by atoms with Crippen molar-refractivity contribution >= 4 is 15.9 Å². The SMILES string of the molecule is Cc1nn(CC(=O)N2CCC[C@@H]3CCCC[C@H]32)c(C)c1S(=O)(=O)N1CCOCC1. The topological polar surface area (TPSA) is 84.7 Å². The van der Waals surface area contributed by atoms with Crippen LogP contribution in [0.4, 0.5) is 0 Å². The van der Waals surface area contributed by atoms with Crippen LogP contribution in [0.3, 0.4) is 0 Å². The molecule has 0 bridgehead atoms. The zero-order valence-electron chi connectivity index (χ0n) is 17.5. The van der Waals surface area contributed by atoms with Crippen molar-refractivity contribution in [2.75, 3.05) is 32.8 Å². The Hall–Kier alpha value is -1.45. The maximum atomic E-state index is 13.1. The molecule has 2 saturated heterocycles. The Balaban J connectivity index is 1.54. The summed E-state index contributed by atoms with van der Waals surface area (Å²) in [6.45, 7) is 5.87. The Morgan fingerprint density at radius 1 is 1.07 bits per heavy atom. The van der Waals surface area contributed by atoms with E-state index in [0.717, 1.165) is 19.4 Å². The number of carbonyl (C=O) groups excluding carboxylic acids is 1. The lowest BCUT2D eigenvalue weighted by molar-refractivity contribution is -0.138. The average Bonchev–Trinajstić information content (AvgIpc) is 3.01. The fourth-order valence-corrected chi connectivity index (χ4v) is 7.06. The Morgan fingerprint density at radius 2 is 1.76 bits per heavy atom. The van der Waals surface area contributed by atoms with Gasteiger partial charge in [-0.2, -0.15) is 9.40 Å². The first-order valence-electron chi connectivity index (χ1n) is 10.8. The molecule has 1 aromatic rings. The smallest absolute Gasteiger partial charge is 0.246 e. The third-order valence-corrected chi connectivity index (χ3v) is 8.88. The van der Waals surface area contributed by atoms with Crippen molar-refractivity contribution in [3.8, 4) is 0 Å². The predicted molar refractivity (Wildman–Crippen MR) is 108 cm³/mol. The number of sulfonamides is 1. The molecular weight excluding hydrogens is 392 g/mol. The van der Waals surface area contributed by atoms with Crippen LogP contribution in [0.5, 0.6) is 0 Å². The van der Waals surface area contributed by atoms with Crippen molar-refractivity contribution in [2.45, 2.75) is 69.9 Å². The predicted octanol–water partition coefficient (Wildman–Crippen LogP) is 1.70. The van der Waals surface area contributed by atoms with E-state index >= 15 is 0 Å². The van der Waals surface area contributed by atoms with Gasteiger partial charge in [0.15, 0.2) is 0 Å².